The van der Waals surface area contributed by atoms with E-state index in [0.29, 0.717) is 57.1 Å². The first-order valence-corrected chi connectivity index (χ1v) is 12.9. The Morgan fingerprint density at radius 1 is 1.13 bits per heavy atom. The molecule has 3 saturated heterocycles. The van der Waals surface area contributed by atoms with Gasteiger partial charge in [0.1, 0.15) is 12.0 Å². The van der Waals surface area contributed by atoms with E-state index < -0.39 is 6.17 Å². The van der Waals surface area contributed by atoms with Crippen molar-refractivity contribution in [3.63, 3.8) is 0 Å². The van der Waals surface area contributed by atoms with E-state index >= 15 is 4.39 Å². The van der Waals surface area contributed by atoms with Crippen LogP contribution in [0.15, 0.2) is 24.4 Å². The second-order valence-electron chi connectivity index (χ2n) is 10.1. The summed E-state index contributed by atoms with van der Waals surface area (Å²) in [6.45, 7) is 6.37. The molecule has 0 bridgehead atoms. The van der Waals surface area contributed by atoms with Crippen LogP contribution in [0.25, 0.3) is 16.7 Å². The predicted octanol–water partition coefficient (Wildman–Crippen LogP) is 1.97. The van der Waals surface area contributed by atoms with E-state index in [-0.39, 0.29) is 38.1 Å². The summed E-state index contributed by atoms with van der Waals surface area (Å²) in [7, 11) is 1.53. The molecule has 0 spiro atoms. The Kier molecular flexibility index (Phi) is 8.06. The largest absolute Gasteiger partial charge is 0.467 e. The molecular formula is C26H35FN6O4S. The minimum Gasteiger partial charge on any atom is -0.467 e. The van der Waals surface area contributed by atoms with Crippen LogP contribution < -0.4 is 9.64 Å². The highest BCUT2D eigenvalue weighted by Crippen LogP contribution is 2.36. The maximum Gasteiger partial charge on any atom is 0.320 e. The van der Waals surface area contributed by atoms with Gasteiger partial charge in [-0.05, 0) is 43.1 Å². The van der Waals surface area contributed by atoms with Crippen molar-refractivity contribution in [1.82, 2.24) is 24.6 Å². The number of aliphatic hydroxyl groups excluding tert-OH is 1. The highest BCUT2D eigenvalue weighted by atomic mass is 32.1. The molecule has 10 nitrogen and oxygen atoms in total. The van der Waals surface area contributed by atoms with E-state index in [1.54, 1.807) is 4.68 Å². The number of rotatable bonds is 6. The lowest BCUT2D eigenvalue weighted by Crippen LogP contribution is -2.54. The van der Waals surface area contributed by atoms with Crippen molar-refractivity contribution in [1.29, 1.82) is 0 Å². The topological polar surface area (TPSA) is 98.0 Å². The summed E-state index contributed by atoms with van der Waals surface area (Å²) in [5.74, 6) is 1.08. The van der Waals surface area contributed by atoms with Crippen molar-refractivity contribution < 1.29 is 23.7 Å². The van der Waals surface area contributed by atoms with Crippen molar-refractivity contribution in [3.05, 3.63) is 35.5 Å². The Balaban J connectivity index is 0.00000294. The number of morpholine rings is 1. The molecule has 2 aromatic heterocycles. The van der Waals surface area contributed by atoms with Crippen molar-refractivity contribution in [2.75, 3.05) is 64.6 Å². The first-order valence-electron chi connectivity index (χ1n) is 12.9. The number of aryl methyl sites for hydroxylation is 1. The number of halogens is 1. The van der Waals surface area contributed by atoms with Gasteiger partial charge in [0.2, 0.25) is 0 Å². The number of likely N-dealkylation sites (tertiary alicyclic amines) is 1. The SMILES string of the molecule is COc1nc(N2CCO[C@H](CO)C2)cc(-n2ncc3cc(C)c(C4CCN(C5COC5)CC4F)cc32)n1.S. The Bertz CT molecular complexity index is 1270. The van der Waals surface area contributed by atoms with E-state index in [9.17, 15) is 5.11 Å². The lowest BCUT2D eigenvalue weighted by Gasteiger charge is -2.43. The van der Waals surface area contributed by atoms with Gasteiger partial charge in [-0.15, -0.1) is 0 Å². The van der Waals surface area contributed by atoms with Crippen LogP contribution >= 0.6 is 13.5 Å². The molecule has 3 fully saturated rings. The zero-order valence-electron chi connectivity index (χ0n) is 21.7. The van der Waals surface area contributed by atoms with Crippen molar-refractivity contribution in [3.8, 4) is 11.8 Å². The third-order valence-electron chi connectivity index (χ3n) is 7.81. The van der Waals surface area contributed by atoms with Crippen LogP contribution in [-0.2, 0) is 9.47 Å². The number of anilines is 1. The average molecular weight is 547 g/mol. The number of hydrogen-bond donors (Lipinski definition) is 1. The van der Waals surface area contributed by atoms with E-state index in [0.717, 1.165) is 35.0 Å². The maximum absolute atomic E-state index is 15.5. The summed E-state index contributed by atoms with van der Waals surface area (Å²) in [4.78, 5) is 13.4. The number of nitrogens with zero attached hydrogens (tertiary/aromatic N) is 6. The predicted molar refractivity (Wildman–Crippen MR) is 146 cm³/mol. The molecule has 0 amide bonds. The fourth-order valence-electron chi connectivity index (χ4n) is 5.63. The van der Waals surface area contributed by atoms with Gasteiger partial charge in [0.15, 0.2) is 5.82 Å². The summed E-state index contributed by atoms with van der Waals surface area (Å²) in [5, 5.41) is 15.1. The van der Waals surface area contributed by atoms with Gasteiger partial charge >= 0.3 is 6.01 Å². The molecule has 2 unspecified atom stereocenters. The van der Waals surface area contributed by atoms with Gasteiger partial charge in [-0.1, -0.05) is 0 Å². The lowest BCUT2D eigenvalue weighted by molar-refractivity contribution is -0.0807. The summed E-state index contributed by atoms with van der Waals surface area (Å²) in [6.07, 6.45) is 1.37. The minimum atomic E-state index is -0.937. The summed E-state index contributed by atoms with van der Waals surface area (Å²) >= 11 is 0. The molecule has 3 aromatic rings. The van der Waals surface area contributed by atoms with E-state index in [1.165, 1.54) is 7.11 Å². The Morgan fingerprint density at radius 2 is 1.95 bits per heavy atom. The highest BCUT2D eigenvalue weighted by molar-refractivity contribution is 7.59. The van der Waals surface area contributed by atoms with Gasteiger partial charge in [-0.25, -0.2) is 9.07 Å². The molecule has 0 aliphatic carbocycles. The van der Waals surface area contributed by atoms with E-state index in [2.05, 4.69) is 32.1 Å². The van der Waals surface area contributed by atoms with Crippen molar-refractivity contribution >= 4 is 30.2 Å². The number of methoxy groups -OCH3 is 1. The number of hydrogen-bond acceptors (Lipinski definition) is 9. The summed E-state index contributed by atoms with van der Waals surface area (Å²) in [6, 6.07) is 6.60. The number of fused-ring (bicyclic) bond motifs is 1. The van der Waals surface area contributed by atoms with Crippen LogP contribution in [0.1, 0.15) is 23.5 Å². The zero-order valence-corrected chi connectivity index (χ0v) is 22.7. The molecule has 1 N–H and O–H groups in total. The second kappa shape index (κ2) is 11.3. The van der Waals surface area contributed by atoms with Gasteiger partial charge in [0.05, 0.1) is 57.4 Å². The van der Waals surface area contributed by atoms with Crippen LogP contribution in [0.4, 0.5) is 10.2 Å². The normalized spacial score (nSPS) is 24.7. The van der Waals surface area contributed by atoms with Crippen LogP contribution in [0.2, 0.25) is 0 Å². The molecule has 6 rings (SSSR count). The smallest absolute Gasteiger partial charge is 0.320 e. The Hall–Kier alpha value is -2.51. The first-order chi connectivity index (χ1) is 18.0. The minimum absolute atomic E-state index is 0. The van der Waals surface area contributed by atoms with Gasteiger partial charge < -0.3 is 24.2 Å². The van der Waals surface area contributed by atoms with Gasteiger partial charge in [0.25, 0.3) is 0 Å². The third-order valence-corrected chi connectivity index (χ3v) is 7.81. The standard InChI is InChI=1S/C26H33FN6O4.H2S/c1-16-7-17-10-28-33(23(17)8-21(16)20-3-4-31(12-22(20)27)18-14-36-15-18)25-9-24(29-26(30-25)35-2)32-5-6-37-19(11-32)13-34;/h7-10,18-20,22,34H,3-6,11-15H2,1-2H3;1H2/t19-,20?,22?;/m0./s1. The summed E-state index contributed by atoms with van der Waals surface area (Å²) in [5.41, 5.74) is 2.96. The molecule has 3 aliphatic heterocycles. The molecule has 3 aliphatic rings. The zero-order chi connectivity index (χ0) is 25.5. The fraction of sp³-hybridized carbons (Fsp3) is 0.577. The molecule has 0 radical (unpaired) electrons. The lowest BCUT2D eigenvalue weighted by atomic mass is 9.84. The first kappa shape index (κ1) is 27.1. The molecule has 206 valence electrons. The summed E-state index contributed by atoms with van der Waals surface area (Å²) < 4.78 is 33.6. The van der Waals surface area contributed by atoms with Crippen LogP contribution in [0.3, 0.4) is 0 Å². The third kappa shape index (κ3) is 5.07. The average Bonchev–Trinajstić information content (AvgIpc) is 3.30. The Labute approximate surface area is 228 Å². The van der Waals surface area contributed by atoms with Crippen LogP contribution in [0.5, 0.6) is 6.01 Å². The van der Waals surface area contributed by atoms with Gasteiger partial charge in [0, 0.05) is 37.0 Å². The number of alkyl halides is 1. The number of benzene rings is 1. The number of aromatic nitrogens is 4. The highest BCUT2D eigenvalue weighted by Gasteiger charge is 2.36. The molecule has 5 heterocycles. The molecule has 38 heavy (non-hydrogen) atoms. The number of ether oxygens (including phenoxy) is 3. The quantitative estimate of drug-likeness (QED) is 0.498. The molecule has 12 heteroatoms. The van der Waals surface area contributed by atoms with Crippen LogP contribution in [-0.4, -0.2) is 108 Å². The molecule has 3 atom stereocenters. The molecule has 1 aromatic carbocycles. The van der Waals surface area contributed by atoms with Crippen molar-refractivity contribution in [2.24, 2.45) is 0 Å². The molecular weight excluding hydrogens is 511 g/mol. The molecule has 0 saturated carbocycles. The maximum atomic E-state index is 15.5. The fourth-order valence-corrected chi connectivity index (χ4v) is 5.63. The Morgan fingerprint density at radius 3 is 2.66 bits per heavy atom. The monoisotopic (exact) mass is 546 g/mol. The van der Waals surface area contributed by atoms with E-state index in [1.807, 2.05) is 24.1 Å². The number of piperidine rings is 1. The van der Waals surface area contributed by atoms with E-state index in [4.69, 9.17) is 14.2 Å². The number of aliphatic hydroxyl groups is 1. The van der Waals surface area contributed by atoms with Crippen molar-refractivity contribution in [2.45, 2.75) is 37.6 Å². The second-order valence-corrected chi connectivity index (χ2v) is 10.1. The van der Waals surface area contributed by atoms with Gasteiger partial charge in [-0.3, -0.25) is 4.90 Å². The van der Waals surface area contributed by atoms with Crippen LogP contribution in [0, 0.1) is 6.92 Å². The van der Waals surface area contributed by atoms with Gasteiger partial charge in [-0.2, -0.15) is 28.6 Å².